The molecule has 1 aromatic heterocycles. The molecule has 0 aliphatic rings. The number of amides is 2. The molecule has 3 rings (SSSR count). The molecule has 2 amide bonds. The van der Waals surface area contributed by atoms with Crippen LogP contribution in [-0.4, -0.2) is 38.4 Å². The molecule has 0 saturated heterocycles. The third-order valence-corrected chi connectivity index (χ3v) is 7.45. The van der Waals surface area contributed by atoms with Crippen LogP contribution in [0.25, 0.3) is 0 Å². The number of carbonyl (C=O) groups excluding carboxylic acids is 3. The number of rotatable bonds is 10. The van der Waals surface area contributed by atoms with E-state index in [4.69, 9.17) is 33.7 Å². The highest BCUT2D eigenvalue weighted by Gasteiger charge is 2.29. The van der Waals surface area contributed by atoms with E-state index in [1.54, 1.807) is 64.1 Å². The van der Waals surface area contributed by atoms with E-state index in [0.29, 0.717) is 10.0 Å². The molecule has 3 N–H and O–H groups in total. The second-order valence-electron chi connectivity index (χ2n) is 9.76. The number of ether oxygens (including phenoxy) is 1. The standard InChI is InChI=1S/C27H31Cl2N5O5S/c1-15(2)21(30)24(36)31-22(16(3)4)25(37)39-14-33-26(32-23(35)18-7-11-20(29)12-8-18)40-34(27(33)38)13-17-5-9-19(28)10-6-17/h5-12,15-16,21-22H,13-14,30H2,1-4H3,(H,31,36)/t21-,22-/m0/s1. The van der Waals surface area contributed by atoms with Crippen LogP contribution in [-0.2, 0) is 27.6 Å². The number of benzene rings is 2. The van der Waals surface area contributed by atoms with Crippen molar-refractivity contribution in [2.75, 3.05) is 0 Å². The molecular weight excluding hydrogens is 577 g/mol. The summed E-state index contributed by atoms with van der Waals surface area (Å²) in [5.41, 5.74) is 6.44. The predicted molar refractivity (Wildman–Crippen MR) is 154 cm³/mol. The number of aromatic nitrogens is 2. The van der Waals surface area contributed by atoms with Crippen LogP contribution >= 0.6 is 34.7 Å². The zero-order valence-corrected chi connectivity index (χ0v) is 24.8. The molecule has 1 heterocycles. The molecule has 0 aliphatic heterocycles. The van der Waals surface area contributed by atoms with Crippen molar-refractivity contribution in [1.82, 2.24) is 13.8 Å². The zero-order chi connectivity index (χ0) is 29.6. The Hall–Kier alpha value is -3.25. The van der Waals surface area contributed by atoms with E-state index >= 15 is 0 Å². The lowest BCUT2D eigenvalue weighted by molar-refractivity contribution is -0.153. The highest BCUT2D eigenvalue weighted by atomic mass is 35.5. The number of hydrogen-bond acceptors (Lipinski definition) is 7. The number of nitrogens with one attached hydrogen (secondary N) is 1. The lowest BCUT2D eigenvalue weighted by Gasteiger charge is -2.23. The molecule has 0 saturated carbocycles. The Morgan fingerprint density at radius 2 is 1.55 bits per heavy atom. The van der Waals surface area contributed by atoms with Gasteiger partial charge in [0.15, 0.2) is 6.73 Å². The van der Waals surface area contributed by atoms with Crippen LogP contribution in [0, 0.1) is 11.8 Å². The van der Waals surface area contributed by atoms with Crippen LogP contribution < -0.4 is 21.5 Å². The quantitative estimate of drug-likeness (QED) is 0.339. The van der Waals surface area contributed by atoms with Crippen LogP contribution in [0.15, 0.2) is 58.3 Å². The first-order chi connectivity index (χ1) is 18.9. The fourth-order valence-electron chi connectivity index (χ4n) is 3.46. The lowest BCUT2D eigenvalue weighted by atomic mass is 10.0. The van der Waals surface area contributed by atoms with E-state index in [0.717, 1.165) is 21.7 Å². The van der Waals surface area contributed by atoms with Crippen LogP contribution in [0.4, 0.5) is 0 Å². The molecule has 0 spiro atoms. The van der Waals surface area contributed by atoms with E-state index in [2.05, 4.69) is 10.3 Å². The first-order valence-electron chi connectivity index (χ1n) is 12.5. The summed E-state index contributed by atoms with van der Waals surface area (Å²) >= 11 is 12.8. The monoisotopic (exact) mass is 607 g/mol. The van der Waals surface area contributed by atoms with Crippen molar-refractivity contribution in [3.8, 4) is 0 Å². The van der Waals surface area contributed by atoms with Gasteiger partial charge in [-0.1, -0.05) is 63.0 Å². The van der Waals surface area contributed by atoms with Gasteiger partial charge in [0.1, 0.15) is 6.04 Å². The molecule has 0 aliphatic carbocycles. The summed E-state index contributed by atoms with van der Waals surface area (Å²) in [5.74, 6) is -2.29. The normalized spacial score (nSPS) is 13.4. The van der Waals surface area contributed by atoms with Gasteiger partial charge < -0.3 is 15.8 Å². The molecule has 13 heteroatoms. The maximum absolute atomic E-state index is 13.3. The Balaban J connectivity index is 1.92. The van der Waals surface area contributed by atoms with Crippen LogP contribution in [0.5, 0.6) is 0 Å². The largest absolute Gasteiger partial charge is 0.442 e. The van der Waals surface area contributed by atoms with Crippen LogP contribution in [0.3, 0.4) is 0 Å². The van der Waals surface area contributed by atoms with Gasteiger partial charge in [0, 0.05) is 15.6 Å². The summed E-state index contributed by atoms with van der Waals surface area (Å²) in [6.45, 7) is 6.74. The fraction of sp³-hybridized carbons (Fsp3) is 0.370. The van der Waals surface area contributed by atoms with E-state index in [-0.39, 0.29) is 28.7 Å². The minimum absolute atomic E-state index is 0.0266. The Bertz CT molecular complexity index is 1480. The van der Waals surface area contributed by atoms with Crippen molar-refractivity contribution in [3.05, 3.63) is 85.0 Å². The molecule has 40 heavy (non-hydrogen) atoms. The Kier molecular flexibility index (Phi) is 10.9. The van der Waals surface area contributed by atoms with E-state index in [1.165, 1.54) is 16.1 Å². The third-order valence-electron chi connectivity index (χ3n) is 5.97. The van der Waals surface area contributed by atoms with Crippen molar-refractivity contribution >= 4 is 52.5 Å². The van der Waals surface area contributed by atoms with Crippen LogP contribution in [0.2, 0.25) is 10.0 Å². The molecule has 10 nitrogen and oxygen atoms in total. The first-order valence-corrected chi connectivity index (χ1v) is 14.0. The fourth-order valence-corrected chi connectivity index (χ4v) is 4.65. The summed E-state index contributed by atoms with van der Waals surface area (Å²) in [6, 6.07) is 11.3. The highest BCUT2D eigenvalue weighted by Crippen LogP contribution is 2.12. The predicted octanol–water partition coefficient (Wildman–Crippen LogP) is 3.43. The number of nitrogens with zero attached hydrogens (tertiary/aromatic N) is 3. The molecule has 2 aromatic carbocycles. The number of halogens is 2. The molecule has 0 radical (unpaired) electrons. The lowest BCUT2D eigenvalue weighted by Crippen LogP contribution is -2.52. The third kappa shape index (κ3) is 8.14. The van der Waals surface area contributed by atoms with Gasteiger partial charge in [-0.15, -0.1) is 0 Å². The molecule has 2 atom stereocenters. The second kappa shape index (κ2) is 13.9. The molecular formula is C27H31Cl2N5O5S. The molecule has 0 unspecified atom stereocenters. The number of hydrogen-bond donors (Lipinski definition) is 2. The summed E-state index contributed by atoms with van der Waals surface area (Å²) in [7, 11) is 0. The summed E-state index contributed by atoms with van der Waals surface area (Å²) in [6.07, 6.45) is 0. The average molecular weight is 609 g/mol. The van der Waals surface area contributed by atoms with E-state index in [1.807, 2.05) is 0 Å². The summed E-state index contributed by atoms with van der Waals surface area (Å²) in [5, 5.41) is 3.64. The van der Waals surface area contributed by atoms with Gasteiger partial charge in [-0.05, 0) is 65.3 Å². The van der Waals surface area contributed by atoms with Gasteiger partial charge in [-0.2, -0.15) is 4.99 Å². The minimum Gasteiger partial charge on any atom is -0.442 e. The first kappa shape index (κ1) is 31.3. The van der Waals surface area contributed by atoms with Gasteiger partial charge in [-0.3, -0.25) is 9.59 Å². The van der Waals surface area contributed by atoms with Crippen molar-refractivity contribution in [1.29, 1.82) is 0 Å². The van der Waals surface area contributed by atoms with E-state index in [9.17, 15) is 19.2 Å². The van der Waals surface area contributed by atoms with Crippen molar-refractivity contribution < 1.29 is 19.1 Å². The zero-order valence-electron chi connectivity index (χ0n) is 22.5. The summed E-state index contributed by atoms with van der Waals surface area (Å²) < 4.78 is 7.92. The van der Waals surface area contributed by atoms with Crippen LogP contribution in [0.1, 0.15) is 43.6 Å². The van der Waals surface area contributed by atoms with Gasteiger partial charge >= 0.3 is 11.7 Å². The average Bonchev–Trinajstić information content (AvgIpc) is 3.19. The van der Waals surface area contributed by atoms with Gasteiger partial charge in [0.05, 0.1) is 12.6 Å². The van der Waals surface area contributed by atoms with E-state index < -0.39 is 42.3 Å². The smallest absolute Gasteiger partial charge is 0.342 e. The van der Waals surface area contributed by atoms with Gasteiger partial charge in [0.2, 0.25) is 10.7 Å². The Labute approximate surface area is 245 Å². The van der Waals surface area contributed by atoms with Crippen molar-refractivity contribution in [2.45, 2.75) is 53.1 Å². The number of esters is 1. The topological polar surface area (TPSA) is 138 Å². The number of nitrogens with two attached hydrogens (primary N) is 1. The van der Waals surface area contributed by atoms with Crippen molar-refractivity contribution in [3.63, 3.8) is 0 Å². The number of carbonyl (C=O) groups is 3. The second-order valence-corrected chi connectivity index (χ2v) is 11.6. The van der Waals surface area contributed by atoms with Gasteiger partial charge in [0.25, 0.3) is 5.91 Å². The molecule has 0 bridgehead atoms. The van der Waals surface area contributed by atoms with Crippen molar-refractivity contribution in [2.24, 2.45) is 22.6 Å². The highest BCUT2D eigenvalue weighted by molar-refractivity contribution is 7.03. The Morgan fingerprint density at radius 3 is 2.10 bits per heavy atom. The summed E-state index contributed by atoms with van der Waals surface area (Å²) in [4.78, 5) is 55.8. The minimum atomic E-state index is -0.996. The molecule has 0 fully saturated rings. The molecule has 214 valence electrons. The maximum atomic E-state index is 13.3. The van der Waals surface area contributed by atoms with Gasteiger partial charge in [-0.25, -0.2) is 18.1 Å². The maximum Gasteiger partial charge on any atom is 0.342 e. The SMILES string of the molecule is CC(C)[C@H](N)C(=O)N[C@H](C(=O)OCn1c(=NC(=O)c2ccc(Cl)cc2)sn(Cc2ccc(Cl)cc2)c1=O)C(C)C. The molecule has 3 aromatic rings. The Morgan fingerprint density at radius 1 is 0.975 bits per heavy atom.